The first kappa shape index (κ1) is 26.3. The highest BCUT2D eigenvalue weighted by Gasteiger charge is 2.59. The van der Waals surface area contributed by atoms with Crippen LogP contribution in [0.2, 0.25) is 0 Å². The second kappa shape index (κ2) is 9.95. The normalized spacial score (nSPS) is 18.1. The molecule has 1 unspecified atom stereocenters. The molecule has 4 rings (SSSR count). The van der Waals surface area contributed by atoms with Gasteiger partial charge in [-0.3, -0.25) is 9.78 Å². The maximum atomic E-state index is 14.4. The number of ether oxygens (including phenoxy) is 1. The number of nitrogens with zero attached hydrogens (tertiary/aromatic N) is 2. The number of aryl methyl sites for hydroxylation is 1. The van der Waals surface area contributed by atoms with Gasteiger partial charge in [0.2, 0.25) is 0 Å². The zero-order chi connectivity index (χ0) is 26.8. The number of anilines is 1. The second-order valence-electron chi connectivity index (χ2n) is 8.83. The van der Waals surface area contributed by atoms with Crippen LogP contribution in [0.3, 0.4) is 0 Å². The number of hydrogen-bond donors (Lipinski definition) is 1. The van der Waals surface area contributed by atoms with E-state index in [1.54, 1.807) is 49.5 Å². The Bertz CT molecular complexity index is 1260. The summed E-state index contributed by atoms with van der Waals surface area (Å²) >= 11 is 0. The highest BCUT2D eigenvalue weighted by atomic mass is 19.4. The largest absolute Gasteiger partial charge is 0.573 e. The highest BCUT2D eigenvalue weighted by Crippen LogP contribution is 2.49. The number of hydrogen-bond acceptors (Lipinski definition) is 4. The number of carbonyl (C=O) groups excluding carboxylic acids is 1. The third-order valence-electron chi connectivity index (χ3n) is 6.41. The van der Waals surface area contributed by atoms with Gasteiger partial charge < -0.3 is 15.0 Å². The van der Waals surface area contributed by atoms with E-state index in [2.05, 4.69) is 15.0 Å². The Morgan fingerprint density at radius 3 is 2.49 bits per heavy atom. The van der Waals surface area contributed by atoms with Crippen LogP contribution in [0.15, 0.2) is 66.9 Å². The Morgan fingerprint density at radius 2 is 1.84 bits per heavy atom. The summed E-state index contributed by atoms with van der Waals surface area (Å²) in [6.45, 7) is 1.44. The lowest BCUT2D eigenvalue weighted by atomic mass is 9.79. The number of halogens is 6. The Hall–Kier alpha value is -3.76. The molecule has 1 aliphatic heterocycles. The third-order valence-corrected chi connectivity index (χ3v) is 6.41. The molecule has 0 aliphatic carbocycles. The van der Waals surface area contributed by atoms with E-state index in [1.165, 1.54) is 11.0 Å². The molecule has 0 radical (unpaired) electrons. The Kier molecular flexibility index (Phi) is 7.07. The molecule has 1 amide bonds. The summed E-state index contributed by atoms with van der Waals surface area (Å²) in [5, 5.41) is 2.77. The van der Waals surface area contributed by atoms with Gasteiger partial charge in [-0.2, -0.15) is 13.2 Å². The standard InChI is InChI=1S/C26H23F6N3O2/c1-17-13-20(8-9-22(17)23(36)34-15-19-6-2-3-11-33-19)35-12-10-24(16-35,25(27,28)29)18-5-4-7-21(14-18)37-26(30,31)32/h2-9,11,13-14H,10,12,15-16H2,1H3,(H,34,36). The number of carbonyl (C=O) groups is 1. The zero-order valence-electron chi connectivity index (χ0n) is 19.7. The summed E-state index contributed by atoms with van der Waals surface area (Å²) < 4.78 is 84.9. The fraction of sp³-hybridized carbons (Fsp3) is 0.308. The Morgan fingerprint density at radius 1 is 1.05 bits per heavy atom. The van der Waals surface area contributed by atoms with Crippen LogP contribution >= 0.6 is 0 Å². The Labute approximate surface area is 209 Å². The van der Waals surface area contributed by atoms with E-state index in [-0.39, 0.29) is 31.0 Å². The van der Waals surface area contributed by atoms with Crippen molar-refractivity contribution in [3.05, 3.63) is 89.2 Å². The van der Waals surface area contributed by atoms with Gasteiger partial charge in [0.25, 0.3) is 5.91 Å². The predicted molar refractivity (Wildman–Crippen MR) is 124 cm³/mol. The third kappa shape index (κ3) is 5.81. The van der Waals surface area contributed by atoms with Gasteiger partial charge in [0.15, 0.2) is 0 Å². The monoisotopic (exact) mass is 523 g/mol. The summed E-state index contributed by atoms with van der Waals surface area (Å²) in [5.41, 5.74) is -0.585. The second-order valence-corrected chi connectivity index (χ2v) is 8.83. The SMILES string of the molecule is Cc1cc(N2CCC(c3cccc(OC(F)(F)F)c3)(C(F)(F)F)C2)ccc1C(=O)NCc1ccccn1. The summed E-state index contributed by atoms with van der Waals surface area (Å²) in [6.07, 6.45) is -8.48. The molecule has 1 aromatic heterocycles. The smallest absolute Gasteiger partial charge is 0.406 e. The number of benzene rings is 2. The van der Waals surface area contributed by atoms with Crippen molar-refractivity contribution in [1.29, 1.82) is 0 Å². The molecule has 0 spiro atoms. The highest BCUT2D eigenvalue weighted by molar-refractivity contribution is 5.96. The van der Waals surface area contributed by atoms with Crippen LogP contribution in [0.25, 0.3) is 0 Å². The molecule has 2 heterocycles. The first-order valence-electron chi connectivity index (χ1n) is 11.3. The van der Waals surface area contributed by atoms with Crippen molar-refractivity contribution in [2.75, 3.05) is 18.0 Å². The number of nitrogens with one attached hydrogen (secondary N) is 1. The molecular formula is C26H23F6N3O2. The zero-order valence-corrected chi connectivity index (χ0v) is 19.7. The van der Waals surface area contributed by atoms with Crippen LogP contribution in [0.1, 0.15) is 33.6 Å². The summed E-state index contributed by atoms with van der Waals surface area (Å²) in [7, 11) is 0. The molecule has 1 N–H and O–H groups in total. The van der Waals surface area contributed by atoms with E-state index < -0.39 is 30.2 Å². The van der Waals surface area contributed by atoms with Crippen molar-refractivity contribution in [2.24, 2.45) is 0 Å². The van der Waals surface area contributed by atoms with Gasteiger partial charge in [0.1, 0.15) is 11.2 Å². The molecule has 0 bridgehead atoms. The molecule has 1 saturated heterocycles. The van der Waals surface area contributed by atoms with Crippen molar-refractivity contribution in [1.82, 2.24) is 10.3 Å². The molecular weight excluding hydrogens is 500 g/mol. The molecule has 37 heavy (non-hydrogen) atoms. The lowest BCUT2D eigenvalue weighted by Gasteiger charge is -2.33. The van der Waals surface area contributed by atoms with Crippen molar-refractivity contribution >= 4 is 11.6 Å². The fourth-order valence-corrected chi connectivity index (χ4v) is 4.52. The van der Waals surface area contributed by atoms with E-state index in [0.717, 1.165) is 18.2 Å². The van der Waals surface area contributed by atoms with Crippen molar-refractivity contribution in [2.45, 2.75) is 37.8 Å². The van der Waals surface area contributed by atoms with Crippen LogP contribution in [0.5, 0.6) is 5.75 Å². The van der Waals surface area contributed by atoms with Crippen molar-refractivity contribution in [3.63, 3.8) is 0 Å². The van der Waals surface area contributed by atoms with Crippen LogP contribution < -0.4 is 15.0 Å². The number of amides is 1. The maximum absolute atomic E-state index is 14.4. The quantitative estimate of drug-likeness (QED) is 0.407. The molecule has 3 aromatic rings. The van der Waals surface area contributed by atoms with E-state index in [9.17, 15) is 31.1 Å². The molecule has 11 heteroatoms. The first-order valence-corrected chi connectivity index (χ1v) is 11.3. The minimum absolute atomic E-state index is 0.0223. The molecule has 2 aromatic carbocycles. The molecule has 5 nitrogen and oxygen atoms in total. The molecule has 1 atom stereocenters. The summed E-state index contributed by atoms with van der Waals surface area (Å²) in [4.78, 5) is 18.3. The number of pyridine rings is 1. The average Bonchev–Trinajstić information content (AvgIpc) is 3.29. The van der Waals surface area contributed by atoms with Crippen LogP contribution in [0, 0.1) is 6.92 Å². The molecule has 1 fully saturated rings. The van der Waals surface area contributed by atoms with Gasteiger partial charge in [-0.15, -0.1) is 13.2 Å². The molecule has 1 aliphatic rings. The minimum Gasteiger partial charge on any atom is -0.406 e. The fourth-order valence-electron chi connectivity index (χ4n) is 4.52. The van der Waals surface area contributed by atoms with Gasteiger partial charge in [0, 0.05) is 30.5 Å². The summed E-state index contributed by atoms with van der Waals surface area (Å²) in [6, 6.07) is 14.1. The van der Waals surface area contributed by atoms with Crippen molar-refractivity contribution in [3.8, 4) is 5.75 Å². The average molecular weight is 523 g/mol. The molecule has 196 valence electrons. The van der Waals surface area contributed by atoms with E-state index in [0.29, 0.717) is 22.5 Å². The predicted octanol–water partition coefficient (Wildman–Crippen LogP) is 5.93. The molecule has 0 saturated carbocycles. The number of aromatic nitrogens is 1. The van der Waals surface area contributed by atoms with Crippen molar-refractivity contribution < 1.29 is 35.9 Å². The van der Waals surface area contributed by atoms with Crippen LogP contribution in [-0.4, -0.2) is 36.5 Å². The summed E-state index contributed by atoms with van der Waals surface area (Å²) in [5.74, 6) is -1.05. The Balaban J connectivity index is 1.54. The lowest BCUT2D eigenvalue weighted by Crippen LogP contribution is -2.44. The van der Waals surface area contributed by atoms with Gasteiger partial charge in [-0.05, 0) is 66.9 Å². The van der Waals surface area contributed by atoms with Crippen LogP contribution in [-0.2, 0) is 12.0 Å². The lowest BCUT2D eigenvalue weighted by molar-refractivity contribution is -0.274. The topological polar surface area (TPSA) is 54.5 Å². The van der Waals surface area contributed by atoms with Gasteiger partial charge in [0.05, 0.1) is 12.2 Å². The van der Waals surface area contributed by atoms with Gasteiger partial charge in [-0.1, -0.05) is 18.2 Å². The number of alkyl halides is 6. The van der Waals surface area contributed by atoms with Crippen LogP contribution in [0.4, 0.5) is 32.0 Å². The first-order chi connectivity index (χ1) is 17.4. The minimum atomic E-state index is -5.02. The van der Waals surface area contributed by atoms with Gasteiger partial charge in [-0.25, -0.2) is 0 Å². The van der Waals surface area contributed by atoms with Gasteiger partial charge >= 0.3 is 12.5 Å². The number of rotatable bonds is 6. The maximum Gasteiger partial charge on any atom is 0.573 e. The van der Waals surface area contributed by atoms with E-state index in [1.807, 2.05) is 0 Å². The van der Waals surface area contributed by atoms with E-state index >= 15 is 0 Å². The van der Waals surface area contributed by atoms with E-state index in [4.69, 9.17) is 0 Å².